The molecule has 0 amide bonds. The smallest absolute Gasteiger partial charge is 0.0589 e. The predicted molar refractivity (Wildman–Crippen MR) is 81.0 cm³/mol. The first kappa shape index (κ1) is 13.5. The predicted octanol–water partition coefficient (Wildman–Crippen LogP) is 3.51. The molecule has 2 unspecified atom stereocenters. The zero-order chi connectivity index (χ0) is 13.9. The molecule has 0 spiro atoms. The third-order valence-corrected chi connectivity index (χ3v) is 4.24. The molecule has 3 rings (SSSR count). The summed E-state index contributed by atoms with van der Waals surface area (Å²) in [5, 5.41) is 4.07. The van der Waals surface area contributed by atoms with Crippen molar-refractivity contribution in [3.05, 3.63) is 58.6 Å². The number of likely N-dealkylation sites (N-methyl/N-ethyl adjacent to an activating group) is 1. The van der Waals surface area contributed by atoms with Crippen LogP contribution in [0.1, 0.15) is 41.8 Å². The number of nitrogens with one attached hydrogen (secondary N) is 1. The first-order valence-corrected chi connectivity index (χ1v) is 7.40. The maximum Gasteiger partial charge on any atom is 0.0589 e. The van der Waals surface area contributed by atoms with E-state index >= 15 is 0 Å². The lowest BCUT2D eigenvalue weighted by molar-refractivity contribution is 0.409. The summed E-state index contributed by atoms with van der Waals surface area (Å²) in [6, 6.07) is 8.30. The molecule has 4 heteroatoms. The molecule has 0 bridgehead atoms. The van der Waals surface area contributed by atoms with E-state index in [1.807, 2.05) is 31.4 Å². The molecule has 20 heavy (non-hydrogen) atoms. The molecule has 3 nitrogen and oxygen atoms in total. The maximum absolute atomic E-state index is 5.93. The van der Waals surface area contributed by atoms with Gasteiger partial charge in [-0.3, -0.25) is 9.97 Å². The second-order valence-corrected chi connectivity index (χ2v) is 5.65. The third-order valence-electron chi connectivity index (χ3n) is 4.02. The number of halogens is 1. The Hall–Kier alpha value is -1.45. The van der Waals surface area contributed by atoms with E-state index in [2.05, 4.69) is 21.4 Å². The molecule has 2 aromatic heterocycles. The summed E-state index contributed by atoms with van der Waals surface area (Å²) < 4.78 is 0. The van der Waals surface area contributed by atoms with Crippen LogP contribution in [0.3, 0.4) is 0 Å². The van der Waals surface area contributed by atoms with Crippen LogP contribution in [0.4, 0.5) is 0 Å². The van der Waals surface area contributed by atoms with Crippen LogP contribution in [0, 0.1) is 0 Å². The number of aryl methyl sites for hydroxylation is 1. The average Bonchev–Trinajstić information content (AvgIpc) is 2.50. The van der Waals surface area contributed by atoms with Crippen LogP contribution in [0.25, 0.3) is 0 Å². The summed E-state index contributed by atoms with van der Waals surface area (Å²) in [6.07, 6.45) is 7.07. The summed E-state index contributed by atoms with van der Waals surface area (Å²) in [5.74, 6) is 0.374. The fourth-order valence-electron chi connectivity index (χ4n) is 3.10. The molecule has 0 saturated carbocycles. The van der Waals surface area contributed by atoms with Crippen LogP contribution in [0.15, 0.2) is 36.7 Å². The van der Waals surface area contributed by atoms with E-state index in [-0.39, 0.29) is 6.04 Å². The van der Waals surface area contributed by atoms with Crippen molar-refractivity contribution in [3.63, 3.8) is 0 Å². The highest BCUT2D eigenvalue weighted by molar-refractivity contribution is 6.30. The Labute approximate surface area is 124 Å². The minimum Gasteiger partial charge on any atom is -0.311 e. The van der Waals surface area contributed by atoms with Crippen LogP contribution in [0.5, 0.6) is 0 Å². The van der Waals surface area contributed by atoms with Crippen LogP contribution in [-0.2, 0) is 6.42 Å². The van der Waals surface area contributed by atoms with Crippen molar-refractivity contribution in [2.24, 2.45) is 0 Å². The molecule has 1 N–H and O–H groups in total. The number of rotatable bonds is 3. The standard InChI is InChI=1S/C16H18ClN3/c1-18-16(14-8-7-12(17)10-20-14)13-6-2-4-11-5-3-9-19-15(11)13/h3,5,7-10,13,16,18H,2,4,6H2,1H3. The van der Waals surface area contributed by atoms with E-state index in [0.717, 1.165) is 18.5 Å². The van der Waals surface area contributed by atoms with Gasteiger partial charge in [-0.1, -0.05) is 17.7 Å². The Kier molecular flexibility index (Phi) is 3.99. The molecule has 1 aliphatic rings. The van der Waals surface area contributed by atoms with Gasteiger partial charge in [0.1, 0.15) is 0 Å². The second-order valence-electron chi connectivity index (χ2n) is 5.21. The van der Waals surface area contributed by atoms with Crippen molar-refractivity contribution in [1.29, 1.82) is 0 Å². The van der Waals surface area contributed by atoms with Gasteiger partial charge in [0.05, 0.1) is 16.8 Å². The lowest BCUT2D eigenvalue weighted by atomic mass is 9.81. The number of nitrogens with zero attached hydrogens (tertiary/aromatic N) is 2. The molecule has 0 aliphatic heterocycles. The van der Waals surface area contributed by atoms with Crippen molar-refractivity contribution in [2.45, 2.75) is 31.2 Å². The summed E-state index contributed by atoms with van der Waals surface area (Å²) in [4.78, 5) is 9.09. The van der Waals surface area contributed by atoms with Gasteiger partial charge >= 0.3 is 0 Å². The van der Waals surface area contributed by atoms with Crippen LogP contribution in [-0.4, -0.2) is 17.0 Å². The van der Waals surface area contributed by atoms with E-state index in [4.69, 9.17) is 11.6 Å². The molecule has 2 atom stereocenters. The Bertz CT molecular complexity index is 583. The molecule has 0 fully saturated rings. The van der Waals surface area contributed by atoms with E-state index in [1.54, 1.807) is 6.20 Å². The summed E-state index contributed by atoms with van der Waals surface area (Å²) in [7, 11) is 1.98. The van der Waals surface area contributed by atoms with Crippen molar-refractivity contribution in [1.82, 2.24) is 15.3 Å². The van der Waals surface area contributed by atoms with Crippen LogP contribution in [0.2, 0.25) is 5.02 Å². The zero-order valence-corrected chi connectivity index (χ0v) is 12.3. The van der Waals surface area contributed by atoms with Gasteiger partial charge in [0.2, 0.25) is 0 Å². The number of aromatic nitrogens is 2. The van der Waals surface area contributed by atoms with E-state index in [9.17, 15) is 0 Å². The van der Waals surface area contributed by atoms with Gasteiger partial charge in [0, 0.05) is 24.0 Å². The van der Waals surface area contributed by atoms with Crippen molar-refractivity contribution < 1.29 is 0 Å². The Morgan fingerprint density at radius 1 is 1.30 bits per heavy atom. The average molecular weight is 288 g/mol. The van der Waals surface area contributed by atoms with Gasteiger partial charge in [-0.15, -0.1) is 0 Å². The van der Waals surface area contributed by atoms with Gasteiger partial charge in [-0.05, 0) is 50.1 Å². The molecule has 2 aromatic rings. The third kappa shape index (κ3) is 2.56. The van der Waals surface area contributed by atoms with Gasteiger partial charge in [-0.25, -0.2) is 0 Å². The molecule has 1 aliphatic carbocycles. The zero-order valence-electron chi connectivity index (χ0n) is 11.5. The fraction of sp³-hybridized carbons (Fsp3) is 0.375. The molecule has 0 aromatic carbocycles. The van der Waals surface area contributed by atoms with E-state index in [0.29, 0.717) is 10.9 Å². The summed E-state index contributed by atoms with van der Waals surface area (Å²) in [6.45, 7) is 0. The van der Waals surface area contributed by atoms with Gasteiger partial charge in [-0.2, -0.15) is 0 Å². The fourth-order valence-corrected chi connectivity index (χ4v) is 3.21. The SMILES string of the molecule is CNC(c1ccc(Cl)cn1)C1CCCc2cccnc21. The highest BCUT2D eigenvalue weighted by atomic mass is 35.5. The summed E-state index contributed by atoms with van der Waals surface area (Å²) in [5.41, 5.74) is 3.62. The topological polar surface area (TPSA) is 37.8 Å². The van der Waals surface area contributed by atoms with Gasteiger partial charge in [0.25, 0.3) is 0 Å². The van der Waals surface area contributed by atoms with Crippen molar-refractivity contribution >= 4 is 11.6 Å². The van der Waals surface area contributed by atoms with Gasteiger partial charge in [0.15, 0.2) is 0 Å². The maximum atomic E-state index is 5.93. The number of pyridine rings is 2. The number of hydrogen-bond acceptors (Lipinski definition) is 3. The minimum absolute atomic E-state index is 0.182. The minimum atomic E-state index is 0.182. The summed E-state index contributed by atoms with van der Waals surface area (Å²) >= 11 is 5.93. The number of hydrogen-bond donors (Lipinski definition) is 1. The van der Waals surface area contributed by atoms with Crippen molar-refractivity contribution in [2.75, 3.05) is 7.05 Å². The first-order chi connectivity index (χ1) is 9.79. The largest absolute Gasteiger partial charge is 0.311 e. The van der Waals surface area contributed by atoms with Crippen molar-refractivity contribution in [3.8, 4) is 0 Å². The van der Waals surface area contributed by atoms with E-state index < -0.39 is 0 Å². The Morgan fingerprint density at radius 2 is 2.20 bits per heavy atom. The Balaban J connectivity index is 1.96. The van der Waals surface area contributed by atoms with E-state index in [1.165, 1.54) is 17.7 Å². The molecule has 104 valence electrons. The highest BCUT2D eigenvalue weighted by Gasteiger charge is 2.29. The van der Waals surface area contributed by atoms with Crippen LogP contribution < -0.4 is 5.32 Å². The first-order valence-electron chi connectivity index (χ1n) is 7.02. The molecule has 0 radical (unpaired) electrons. The lowest BCUT2D eigenvalue weighted by Crippen LogP contribution is -2.28. The monoisotopic (exact) mass is 287 g/mol. The Morgan fingerprint density at radius 3 is 2.95 bits per heavy atom. The van der Waals surface area contributed by atoms with Crippen LogP contribution >= 0.6 is 11.6 Å². The number of fused-ring (bicyclic) bond motifs is 1. The molecular weight excluding hydrogens is 270 g/mol. The highest BCUT2D eigenvalue weighted by Crippen LogP contribution is 2.38. The second kappa shape index (κ2) is 5.90. The molecule has 2 heterocycles. The normalized spacial score (nSPS) is 19.4. The molecule has 0 saturated heterocycles. The quantitative estimate of drug-likeness (QED) is 0.939. The molecular formula is C16H18ClN3. The van der Waals surface area contributed by atoms with Gasteiger partial charge < -0.3 is 5.32 Å². The lowest BCUT2D eigenvalue weighted by Gasteiger charge is -2.31.